The Hall–Kier alpha value is -0.580. The Bertz CT molecular complexity index is 425. The SMILES string of the molecule is CCC1COC(C)CN1Cc1ccc(OC)c(Br)c1. The number of halogens is 1. The average molecular weight is 328 g/mol. The molecule has 1 aliphatic rings. The molecule has 0 aliphatic carbocycles. The number of rotatable bonds is 4. The zero-order chi connectivity index (χ0) is 13.8. The lowest BCUT2D eigenvalue weighted by Crippen LogP contribution is -2.47. The van der Waals surface area contributed by atoms with Crippen molar-refractivity contribution >= 4 is 15.9 Å². The Morgan fingerprint density at radius 3 is 2.89 bits per heavy atom. The number of hydrogen-bond donors (Lipinski definition) is 0. The molecule has 1 aromatic rings. The summed E-state index contributed by atoms with van der Waals surface area (Å²) in [6.07, 6.45) is 1.45. The molecule has 1 heterocycles. The molecule has 0 saturated carbocycles. The minimum atomic E-state index is 0.324. The second kappa shape index (κ2) is 6.73. The summed E-state index contributed by atoms with van der Waals surface area (Å²) >= 11 is 3.55. The van der Waals surface area contributed by atoms with Crippen LogP contribution in [0.1, 0.15) is 25.8 Å². The van der Waals surface area contributed by atoms with Crippen molar-refractivity contribution in [2.75, 3.05) is 20.3 Å². The maximum Gasteiger partial charge on any atom is 0.133 e. The van der Waals surface area contributed by atoms with Crippen LogP contribution >= 0.6 is 15.9 Å². The molecule has 4 heteroatoms. The van der Waals surface area contributed by atoms with Crippen LogP contribution in [0.15, 0.2) is 22.7 Å². The first-order valence-electron chi connectivity index (χ1n) is 6.82. The zero-order valence-corrected chi connectivity index (χ0v) is 13.4. The van der Waals surface area contributed by atoms with E-state index in [0.717, 1.165) is 36.3 Å². The third-order valence-electron chi connectivity index (χ3n) is 3.65. The van der Waals surface area contributed by atoms with Gasteiger partial charge in [-0.25, -0.2) is 0 Å². The second-order valence-electron chi connectivity index (χ2n) is 5.10. The summed E-state index contributed by atoms with van der Waals surface area (Å²) in [7, 11) is 1.69. The van der Waals surface area contributed by atoms with Crippen LogP contribution in [0.2, 0.25) is 0 Å². The lowest BCUT2D eigenvalue weighted by atomic mass is 10.1. The minimum absolute atomic E-state index is 0.324. The molecule has 0 N–H and O–H groups in total. The highest BCUT2D eigenvalue weighted by Crippen LogP contribution is 2.27. The van der Waals surface area contributed by atoms with E-state index in [0.29, 0.717) is 12.1 Å². The van der Waals surface area contributed by atoms with Crippen LogP contribution < -0.4 is 4.74 Å². The predicted molar refractivity (Wildman–Crippen MR) is 80.6 cm³/mol. The molecule has 1 saturated heterocycles. The number of hydrogen-bond acceptors (Lipinski definition) is 3. The molecule has 0 spiro atoms. The van der Waals surface area contributed by atoms with E-state index < -0.39 is 0 Å². The van der Waals surface area contributed by atoms with E-state index >= 15 is 0 Å². The number of ether oxygens (including phenoxy) is 2. The lowest BCUT2D eigenvalue weighted by Gasteiger charge is -2.38. The van der Waals surface area contributed by atoms with Crippen LogP contribution in [0.3, 0.4) is 0 Å². The fourth-order valence-electron chi connectivity index (χ4n) is 2.53. The molecule has 1 aromatic carbocycles. The molecule has 0 radical (unpaired) electrons. The molecule has 3 nitrogen and oxygen atoms in total. The zero-order valence-electron chi connectivity index (χ0n) is 11.9. The van der Waals surface area contributed by atoms with Crippen LogP contribution in [0.5, 0.6) is 5.75 Å². The smallest absolute Gasteiger partial charge is 0.133 e. The van der Waals surface area contributed by atoms with Gasteiger partial charge in [-0.3, -0.25) is 4.90 Å². The quantitative estimate of drug-likeness (QED) is 0.845. The van der Waals surface area contributed by atoms with Gasteiger partial charge in [0.05, 0.1) is 24.3 Å². The highest BCUT2D eigenvalue weighted by molar-refractivity contribution is 9.10. The molecular weight excluding hydrogens is 306 g/mol. The fraction of sp³-hybridized carbons (Fsp3) is 0.600. The van der Waals surface area contributed by atoms with Crippen molar-refractivity contribution in [3.8, 4) is 5.75 Å². The molecule has 2 unspecified atom stereocenters. The third kappa shape index (κ3) is 3.71. The standard InChI is InChI=1S/C15H22BrNO2/c1-4-13-10-19-11(2)8-17(13)9-12-5-6-15(18-3)14(16)7-12/h5-7,11,13H,4,8-10H2,1-3H3. The van der Waals surface area contributed by atoms with E-state index in [1.165, 1.54) is 5.56 Å². The van der Waals surface area contributed by atoms with Crippen LogP contribution in [-0.4, -0.2) is 37.3 Å². The molecular formula is C15H22BrNO2. The van der Waals surface area contributed by atoms with Crippen molar-refractivity contribution in [3.05, 3.63) is 28.2 Å². The van der Waals surface area contributed by atoms with E-state index in [-0.39, 0.29) is 0 Å². The summed E-state index contributed by atoms with van der Waals surface area (Å²) < 4.78 is 12.0. The largest absolute Gasteiger partial charge is 0.496 e. The topological polar surface area (TPSA) is 21.7 Å². The number of benzene rings is 1. The lowest BCUT2D eigenvalue weighted by molar-refractivity contribution is -0.0592. The average Bonchev–Trinajstić information content (AvgIpc) is 2.39. The van der Waals surface area contributed by atoms with Gasteiger partial charge < -0.3 is 9.47 Å². The van der Waals surface area contributed by atoms with Crippen molar-refractivity contribution in [2.24, 2.45) is 0 Å². The van der Waals surface area contributed by atoms with Gasteiger partial charge in [-0.05, 0) is 47.0 Å². The minimum Gasteiger partial charge on any atom is -0.496 e. The van der Waals surface area contributed by atoms with Crippen LogP contribution in [0.4, 0.5) is 0 Å². The van der Waals surface area contributed by atoms with Gasteiger partial charge in [0.25, 0.3) is 0 Å². The Morgan fingerprint density at radius 2 is 2.26 bits per heavy atom. The van der Waals surface area contributed by atoms with Gasteiger partial charge in [0.1, 0.15) is 5.75 Å². The molecule has 0 bridgehead atoms. The summed E-state index contributed by atoms with van der Waals surface area (Å²) in [5.74, 6) is 0.881. The number of nitrogens with zero attached hydrogens (tertiary/aromatic N) is 1. The van der Waals surface area contributed by atoms with Crippen molar-refractivity contribution in [1.29, 1.82) is 0 Å². The number of morpholine rings is 1. The first-order chi connectivity index (χ1) is 9.13. The van der Waals surface area contributed by atoms with Crippen molar-refractivity contribution < 1.29 is 9.47 Å². The van der Waals surface area contributed by atoms with Gasteiger partial charge in [0.2, 0.25) is 0 Å². The summed E-state index contributed by atoms with van der Waals surface area (Å²) in [5.41, 5.74) is 1.31. The van der Waals surface area contributed by atoms with E-state index in [2.05, 4.69) is 46.8 Å². The monoisotopic (exact) mass is 327 g/mol. The summed E-state index contributed by atoms with van der Waals surface area (Å²) in [5, 5.41) is 0. The maximum absolute atomic E-state index is 5.74. The molecule has 1 fully saturated rings. The fourth-order valence-corrected chi connectivity index (χ4v) is 3.11. The Balaban J connectivity index is 2.08. The van der Waals surface area contributed by atoms with Crippen molar-refractivity contribution in [2.45, 2.75) is 39.0 Å². The first-order valence-corrected chi connectivity index (χ1v) is 7.61. The predicted octanol–water partition coefficient (Wildman–Crippen LogP) is 3.46. The molecule has 1 aliphatic heterocycles. The van der Waals surface area contributed by atoms with E-state index in [9.17, 15) is 0 Å². The summed E-state index contributed by atoms with van der Waals surface area (Å²) in [6, 6.07) is 6.82. The molecule has 2 rings (SSSR count). The van der Waals surface area contributed by atoms with Crippen LogP contribution in [-0.2, 0) is 11.3 Å². The summed E-state index contributed by atoms with van der Waals surface area (Å²) in [4.78, 5) is 2.52. The molecule has 0 aromatic heterocycles. The van der Waals surface area contributed by atoms with Gasteiger partial charge in [-0.1, -0.05) is 13.0 Å². The van der Waals surface area contributed by atoms with E-state index in [4.69, 9.17) is 9.47 Å². The highest BCUT2D eigenvalue weighted by atomic mass is 79.9. The molecule has 19 heavy (non-hydrogen) atoms. The number of methoxy groups -OCH3 is 1. The normalized spacial score (nSPS) is 24.4. The van der Waals surface area contributed by atoms with Gasteiger partial charge in [-0.2, -0.15) is 0 Å². The van der Waals surface area contributed by atoms with Gasteiger partial charge in [0.15, 0.2) is 0 Å². The van der Waals surface area contributed by atoms with E-state index in [1.807, 2.05) is 6.07 Å². The second-order valence-corrected chi connectivity index (χ2v) is 5.96. The first kappa shape index (κ1) is 14.8. The van der Waals surface area contributed by atoms with Crippen molar-refractivity contribution in [3.63, 3.8) is 0 Å². The van der Waals surface area contributed by atoms with Gasteiger partial charge in [0, 0.05) is 19.1 Å². The highest BCUT2D eigenvalue weighted by Gasteiger charge is 2.25. The third-order valence-corrected chi connectivity index (χ3v) is 4.27. The Morgan fingerprint density at radius 1 is 1.47 bits per heavy atom. The molecule has 2 atom stereocenters. The Kier molecular flexibility index (Phi) is 5.25. The Labute approximate surface area is 124 Å². The molecule has 106 valence electrons. The van der Waals surface area contributed by atoms with Gasteiger partial charge >= 0.3 is 0 Å². The summed E-state index contributed by atoms with van der Waals surface area (Å²) in [6.45, 7) is 7.18. The van der Waals surface area contributed by atoms with Crippen molar-refractivity contribution in [1.82, 2.24) is 4.90 Å². The maximum atomic E-state index is 5.74. The molecule has 0 amide bonds. The van der Waals surface area contributed by atoms with Crippen LogP contribution in [0.25, 0.3) is 0 Å². The van der Waals surface area contributed by atoms with Gasteiger partial charge in [-0.15, -0.1) is 0 Å². The van der Waals surface area contributed by atoms with E-state index in [1.54, 1.807) is 7.11 Å². The van der Waals surface area contributed by atoms with Crippen LogP contribution in [0, 0.1) is 0 Å².